The normalized spacial score (nSPS) is 9.71. The van der Waals surface area contributed by atoms with Gasteiger partial charge in [0.15, 0.2) is 0 Å². The van der Waals surface area contributed by atoms with Crippen LogP contribution in [0.25, 0.3) is 11.1 Å². The van der Waals surface area contributed by atoms with Crippen LogP contribution in [0.2, 0.25) is 5.02 Å². The van der Waals surface area contributed by atoms with Gasteiger partial charge in [-0.1, -0.05) is 47.9 Å². The van der Waals surface area contributed by atoms with Crippen LogP contribution >= 0.6 is 11.6 Å². The van der Waals surface area contributed by atoms with Gasteiger partial charge in [-0.2, -0.15) is 0 Å². The van der Waals surface area contributed by atoms with Crippen molar-refractivity contribution in [1.29, 1.82) is 0 Å². The first-order chi connectivity index (χ1) is 8.27. The summed E-state index contributed by atoms with van der Waals surface area (Å²) in [5.74, 6) is 3.41. The summed E-state index contributed by atoms with van der Waals surface area (Å²) in [6.45, 7) is 0. The Labute approximate surface area is 106 Å². The lowest BCUT2D eigenvalue weighted by molar-refractivity contribution is 0.416. The third kappa shape index (κ3) is 2.13. The van der Waals surface area contributed by atoms with Gasteiger partial charge in [0, 0.05) is 11.1 Å². The average Bonchev–Trinajstić information content (AvgIpc) is 2.38. The van der Waals surface area contributed by atoms with Crippen LogP contribution in [0, 0.1) is 12.3 Å². The summed E-state index contributed by atoms with van der Waals surface area (Å²) in [5, 5.41) is 0.580. The second kappa shape index (κ2) is 4.95. The van der Waals surface area contributed by atoms with Crippen molar-refractivity contribution in [3.8, 4) is 29.2 Å². The van der Waals surface area contributed by atoms with Gasteiger partial charge in [0.05, 0.1) is 17.7 Å². The molecule has 2 aromatic carbocycles. The van der Waals surface area contributed by atoms with Gasteiger partial charge in [-0.05, 0) is 12.1 Å². The van der Waals surface area contributed by atoms with Crippen molar-refractivity contribution in [1.82, 2.24) is 0 Å². The largest absolute Gasteiger partial charge is 0.496 e. The van der Waals surface area contributed by atoms with E-state index in [1.54, 1.807) is 13.2 Å². The lowest BCUT2D eigenvalue weighted by atomic mass is 9.99. The van der Waals surface area contributed by atoms with Crippen LogP contribution in [0.15, 0.2) is 42.5 Å². The number of para-hydroxylation sites is 1. The molecule has 0 unspecified atom stereocenters. The molecule has 0 N–H and O–H groups in total. The molecule has 1 nitrogen and oxygen atoms in total. The first-order valence-electron chi connectivity index (χ1n) is 5.16. The third-order valence-corrected chi connectivity index (χ3v) is 2.87. The van der Waals surface area contributed by atoms with Gasteiger partial charge in [0.2, 0.25) is 0 Å². The highest BCUT2D eigenvalue weighted by atomic mass is 35.5. The Kier molecular flexibility index (Phi) is 3.37. The molecule has 0 amide bonds. The van der Waals surface area contributed by atoms with Crippen molar-refractivity contribution in [3.05, 3.63) is 53.1 Å². The van der Waals surface area contributed by atoms with Crippen LogP contribution in [0.1, 0.15) is 5.56 Å². The van der Waals surface area contributed by atoms with E-state index in [2.05, 4.69) is 5.92 Å². The van der Waals surface area contributed by atoms with E-state index >= 15 is 0 Å². The molecular formula is C15H11ClO. The lowest BCUT2D eigenvalue weighted by Gasteiger charge is -2.10. The second-order valence-electron chi connectivity index (χ2n) is 3.51. The highest BCUT2D eigenvalue weighted by Crippen LogP contribution is 2.34. The van der Waals surface area contributed by atoms with Gasteiger partial charge in [0.1, 0.15) is 5.75 Å². The number of rotatable bonds is 2. The van der Waals surface area contributed by atoms with Crippen molar-refractivity contribution in [2.24, 2.45) is 0 Å². The van der Waals surface area contributed by atoms with Crippen molar-refractivity contribution in [2.45, 2.75) is 0 Å². The van der Waals surface area contributed by atoms with Crippen LogP contribution in [-0.2, 0) is 0 Å². The Bertz CT molecular complexity index is 582. The molecule has 0 radical (unpaired) electrons. The van der Waals surface area contributed by atoms with Gasteiger partial charge in [-0.25, -0.2) is 0 Å². The fraction of sp³-hybridized carbons (Fsp3) is 0.0667. The molecule has 0 saturated heterocycles. The Hall–Kier alpha value is -1.91. The quantitative estimate of drug-likeness (QED) is 0.724. The van der Waals surface area contributed by atoms with E-state index in [0.717, 1.165) is 16.9 Å². The van der Waals surface area contributed by atoms with Gasteiger partial charge in [-0.15, -0.1) is 6.42 Å². The summed E-state index contributed by atoms with van der Waals surface area (Å²) in [5.41, 5.74) is 2.56. The van der Waals surface area contributed by atoms with E-state index in [-0.39, 0.29) is 0 Å². The van der Waals surface area contributed by atoms with Crippen molar-refractivity contribution in [3.63, 3.8) is 0 Å². The molecule has 84 valence electrons. The van der Waals surface area contributed by atoms with E-state index < -0.39 is 0 Å². The zero-order chi connectivity index (χ0) is 12.3. The van der Waals surface area contributed by atoms with Gasteiger partial charge >= 0.3 is 0 Å². The maximum Gasteiger partial charge on any atom is 0.126 e. The molecule has 2 aromatic rings. The number of methoxy groups -OCH3 is 1. The molecule has 0 spiro atoms. The van der Waals surface area contributed by atoms with Gasteiger partial charge in [-0.3, -0.25) is 0 Å². The summed E-state index contributed by atoms with van der Waals surface area (Å²) in [6.07, 6.45) is 5.51. The van der Waals surface area contributed by atoms with Crippen LogP contribution < -0.4 is 4.74 Å². The van der Waals surface area contributed by atoms with Crippen molar-refractivity contribution in [2.75, 3.05) is 7.11 Å². The van der Waals surface area contributed by atoms with Crippen LogP contribution in [0.3, 0.4) is 0 Å². The maximum atomic E-state index is 6.09. The minimum Gasteiger partial charge on any atom is -0.496 e. The monoisotopic (exact) mass is 242 g/mol. The van der Waals surface area contributed by atoms with Gasteiger partial charge < -0.3 is 4.74 Å². The fourth-order valence-corrected chi connectivity index (χ4v) is 1.99. The van der Waals surface area contributed by atoms with Crippen molar-refractivity contribution >= 4 is 11.6 Å². The molecule has 2 heteroatoms. The smallest absolute Gasteiger partial charge is 0.126 e. The molecule has 0 saturated carbocycles. The Balaban J connectivity index is 2.69. The predicted octanol–water partition coefficient (Wildman–Crippen LogP) is 4.00. The molecule has 0 aliphatic carbocycles. The standard InChI is InChI=1S/C15H11ClO/c1-3-11-12(8-6-9-14(11)16)13-7-4-5-10-15(13)17-2/h1,4-10H,2H3. The van der Waals surface area contributed by atoms with E-state index in [1.165, 1.54) is 0 Å². The number of hydrogen-bond acceptors (Lipinski definition) is 1. The number of hydrogen-bond donors (Lipinski definition) is 0. The Morgan fingerprint density at radius 1 is 1.06 bits per heavy atom. The molecular weight excluding hydrogens is 232 g/mol. The summed E-state index contributed by atoms with van der Waals surface area (Å²) in [6, 6.07) is 13.3. The zero-order valence-corrected chi connectivity index (χ0v) is 10.2. The lowest BCUT2D eigenvalue weighted by Crippen LogP contribution is -1.90. The molecule has 0 aromatic heterocycles. The predicted molar refractivity (Wildman–Crippen MR) is 71.4 cm³/mol. The molecule has 0 atom stereocenters. The highest BCUT2D eigenvalue weighted by molar-refractivity contribution is 6.32. The summed E-state index contributed by atoms with van der Waals surface area (Å²) < 4.78 is 5.33. The molecule has 0 aliphatic heterocycles. The van der Waals surface area contributed by atoms with Crippen LogP contribution in [-0.4, -0.2) is 7.11 Å². The number of ether oxygens (including phenoxy) is 1. The molecule has 0 bridgehead atoms. The summed E-state index contributed by atoms with van der Waals surface area (Å²) in [7, 11) is 1.64. The summed E-state index contributed by atoms with van der Waals surface area (Å²) >= 11 is 6.09. The van der Waals surface area contributed by atoms with Crippen LogP contribution in [0.4, 0.5) is 0 Å². The highest BCUT2D eigenvalue weighted by Gasteiger charge is 2.10. The van der Waals surface area contributed by atoms with E-state index in [9.17, 15) is 0 Å². The molecule has 0 aliphatic rings. The first-order valence-corrected chi connectivity index (χ1v) is 5.54. The average molecular weight is 243 g/mol. The third-order valence-electron chi connectivity index (χ3n) is 2.56. The fourth-order valence-electron chi connectivity index (χ4n) is 1.76. The van der Waals surface area contributed by atoms with E-state index in [1.807, 2.05) is 36.4 Å². The first kappa shape index (κ1) is 11.6. The molecule has 2 rings (SSSR count). The number of benzene rings is 2. The Morgan fingerprint density at radius 3 is 2.47 bits per heavy atom. The summed E-state index contributed by atoms with van der Waals surface area (Å²) in [4.78, 5) is 0. The zero-order valence-electron chi connectivity index (χ0n) is 9.41. The van der Waals surface area contributed by atoms with Crippen molar-refractivity contribution < 1.29 is 4.74 Å². The molecule has 17 heavy (non-hydrogen) atoms. The van der Waals surface area contributed by atoms with E-state index in [4.69, 9.17) is 22.8 Å². The van der Waals surface area contributed by atoms with Gasteiger partial charge in [0.25, 0.3) is 0 Å². The van der Waals surface area contributed by atoms with Crippen LogP contribution in [0.5, 0.6) is 5.75 Å². The number of halogens is 1. The molecule has 0 fully saturated rings. The number of terminal acetylenes is 1. The second-order valence-corrected chi connectivity index (χ2v) is 3.91. The Morgan fingerprint density at radius 2 is 1.76 bits per heavy atom. The molecule has 0 heterocycles. The SMILES string of the molecule is C#Cc1c(Cl)cccc1-c1ccccc1OC. The topological polar surface area (TPSA) is 9.23 Å². The van der Waals surface area contributed by atoms with E-state index in [0.29, 0.717) is 10.6 Å². The maximum absolute atomic E-state index is 6.09. The minimum atomic E-state index is 0.580. The minimum absolute atomic E-state index is 0.580.